The average Bonchev–Trinajstić information content (AvgIpc) is 2.15. The summed E-state index contributed by atoms with van der Waals surface area (Å²) in [6.07, 6.45) is 0. The SMILES string of the molecule is CC(N(C)c1ccccc1)P(=O)(O)O. The average molecular weight is 215 g/mol. The molecule has 0 amide bonds. The largest absolute Gasteiger partial charge is 0.361 e. The molecule has 78 valence electrons. The van der Waals surface area contributed by atoms with Crippen LogP contribution in [0.2, 0.25) is 0 Å². The first-order valence-corrected chi connectivity index (χ1v) is 5.94. The summed E-state index contributed by atoms with van der Waals surface area (Å²) in [5, 5.41) is 0. The summed E-state index contributed by atoms with van der Waals surface area (Å²) in [7, 11) is -2.39. The highest BCUT2D eigenvalue weighted by molar-refractivity contribution is 7.52. The van der Waals surface area contributed by atoms with Gasteiger partial charge in [0.1, 0.15) is 5.78 Å². The van der Waals surface area contributed by atoms with E-state index in [1.54, 1.807) is 11.9 Å². The maximum absolute atomic E-state index is 11.0. The van der Waals surface area contributed by atoms with E-state index in [1.165, 1.54) is 6.92 Å². The highest BCUT2D eigenvalue weighted by atomic mass is 31.2. The van der Waals surface area contributed by atoms with Crippen LogP contribution in [0.3, 0.4) is 0 Å². The summed E-state index contributed by atoms with van der Waals surface area (Å²) >= 11 is 0. The van der Waals surface area contributed by atoms with E-state index >= 15 is 0 Å². The van der Waals surface area contributed by atoms with E-state index in [4.69, 9.17) is 9.79 Å². The van der Waals surface area contributed by atoms with Gasteiger partial charge in [0.25, 0.3) is 0 Å². The van der Waals surface area contributed by atoms with Crippen LogP contribution in [0.4, 0.5) is 5.69 Å². The molecule has 0 saturated carbocycles. The fourth-order valence-corrected chi connectivity index (χ4v) is 1.69. The molecule has 0 heterocycles. The van der Waals surface area contributed by atoms with Crippen LogP contribution in [0.5, 0.6) is 0 Å². The second-order valence-electron chi connectivity index (χ2n) is 3.17. The highest BCUT2D eigenvalue weighted by Crippen LogP contribution is 2.43. The zero-order valence-electron chi connectivity index (χ0n) is 8.16. The van der Waals surface area contributed by atoms with Crippen LogP contribution in [0.15, 0.2) is 30.3 Å². The Kier molecular flexibility index (Phi) is 3.32. The highest BCUT2D eigenvalue weighted by Gasteiger charge is 2.27. The number of rotatable bonds is 3. The van der Waals surface area contributed by atoms with Crippen molar-refractivity contribution in [2.24, 2.45) is 0 Å². The van der Waals surface area contributed by atoms with Crippen molar-refractivity contribution in [3.63, 3.8) is 0 Å². The van der Waals surface area contributed by atoms with Crippen LogP contribution in [0, 0.1) is 0 Å². The van der Waals surface area contributed by atoms with E-state index in [1.807, 2.05) is 30.3 Å². The minimum Gasteiger partial charge on any atom is -0.361 e. The van der Waals surface area contributed by atoms with Gasteiger partial charge in [-0.3, -0.25) is 4.57 Å². The van der Waals surface area contributed by atoms with Crippen LogP contribution in [0.25, 0.3) is 0 Å². The van der Waals surface area contributed by atoms with E-state index in [-0.39, 0.29) is 0 Å². The predicted molar refractivity (Wildman–Crippen MR) is 56.4 cm³/mol. The van der Waals surface area contributed by atoms with Gasteiger partial charge >= 0.3 is 7.60 Å². The molecular weight excluding hydrogens is 201 g/mol. The van der Waals surface area contributed by atoms with Gasteiger partial charge < -0.3 is 14.7 Å². The topological polar surface area (TPSA) is 60.8 Å². The molecule has 2 N–H and O–H groups in total. The van der Waals surface area contributed by atoms with E-state index in [0.717, 1.165) is 5.69 Å². The van der Waals surface area contributed by atoms with E-state index in [9.17, 15) is 4.57 Å². The molecule has 1 aromatic carbocycles. The van der Waals surface area contributed by atoms with Gasteiger partial charge in [0.2, 0.25) is 0 Å². The number of hydrogen-bond acceptors (Lipinski definition) is 2. The first-order chi connectivity index (χ1) is 6.43. The molecule has 14 heavy (non-hydrogen) atoms. The van der Waals surface area contributed by atoms with Crippen LogP contribution in [-0.4, -0.2) is 22.6 Å². The lowest BCUT2D eigenvalue weighted by molar-refractivity contribution is 0.360. The number of nitrogens with zero attached hydrogens (tertiary/aromatic N) is 1. The van der Waals surface area contributed by atoms with E-state index < -0.39 is 13.4 Å². The van der Waals surface area contributed by atoms with E-state index in [0.29, 0.717) is 0 Å². The Morgan fingerprint density at radius 2 is 1.79 bits per heavy atom. The molecule has 1 aromatic rings. The van der Waals surface area contributed by atoms with Crippen molar-refractivity contribution in [3.8, 4) is 0 Å². The molecule has 0 aliphatic carbocycles. The third-order valence-electron chi connectivity index (χ3n) is 2.21. The molecule has 0 spiro atoms. The summed E-state index contributed by atoms with van der Waals surface area (Å²) in [6, 6.07) is 9.15. The van der Waals surface area contributed by atoms with Crippen molar-refractivity contribution in [3.05, 3.63) is 30.3 Å². The summed E-state index contributed by atoms with van der Waals surface area (Å²) in [4.78, 5) is 19.5. The van der Waals surface area contributed by atoms with Gasteiger partial charge in [-0.05, 0) is 19.1 Å². The Morgan fingerprint density at radius 1 is 1.29 bits per heavy atom. The molecule has 1 unspecified atom stereocenters. The van der Waals surface area contributed by atoms with Crippen LogP contribution in [-0.2, 0) is 4.57 Å². The maximum Gasteiger partial charge on any atom is 0.347 e. The molecule has 5 heteroatoms. The third-order valence-corrected chi connectivity index (χ3v) is 3.53. The standard InChI is InChI=1S/C9H14NO3P/c1-8(14(11,12)13)10(2)9-6-4-3-5-7-9/h3-8H,1-2H3,(H2,11,12,13). The molecule has 0 fully saturated rings. The van der Waals surface area contributed by atoms with Crippen molar-refractivity contribution in [2.75, 3.05) is 11.9 Å². The van der Waals surface area contributed by atoms with Gasteiger partial charge in [-0.25, -0.2) is 0 Å². The van der Waals surface area contributed by atoms with Gasteiger partial charge in [-0.15, -0.1) is 0 Å². The summed E-state index contributed by atoms with van der Waals surface area (Å²) in [5.41, 5.74) is 0.795. The molecule has 0 aromatic heterocycles. The number of benzene rings is 1. The van der Waals surface area contributed by atoms with Crippen LogP contribution >= 0.6 is 7.60 Å². The fraction of sp³-hybridized carbons (Fsp3) is 0.333. The fourth-order valence-electron chi connectivity index (χ4n) is 1.10. The predicted octanol–water partition coefficient (Wildman–Crippen LogP) is 1.65. The number of para-hydroxylation sites is 1. The first kappa shape index (κ1) is 11.2. The Labute approximate surface area is 83.3 Å². The Hall–Kier alpha value is -0.830. The molecule has 1 atom stereocenters. The molecule has 4 nitrogen and oxygen atoms in total. The Morgan fingerprint density at radius 3 is 2.21 bits per heavy atom. The second kappa shape index (κ2) is 4.13. The molecular formula is C9H14NO3P. The minimum absolute atomic E-state index is 0.795. The minimum atomic E-state index is -4.05. The van der Waals surface area contributed by atoms with Crippen LogP contribution < -0.4 is 4.90 Å². The van der Waals surface area contributed by atoms with Gasteiger partial charge in [0.05, 0.1) is 0 Å². The summed E-state index contributed by atoms with van der Waals surface area (Å²) in [6.45, 7) is 1.51. The molecule has 0 aliphatic rings. The van der Waals surface area contributed by atoms with Gasteiger partial charge in [0.15, 0.2) is 0 Å². The first-order valence-electron chi connectivity index (χ1n) is 4.26. The van der Waals surface area contributed by atoms with E-state index in [2.05, 4.69) is 0 Å². The van der Waals surface area contributed by atoms with Crippen molar-refractivity contribution in [1.29, 1.82) is 0 Å². The van der Waals surface area contributed by atoms with Gasteiger partial charge in [-0.1, -0.05) is 18.2 Å². The normalized spacial score (nSPS) is 13.7. The number of hydrogen-bond donors (Lipinski definition) is 2. The van der Waals surface area contributed by atoms with Crippen molar-refractivity contribution in [1.82, 2.24) is 0 Å². The third kappa shape index (κ3) is 2.58. The smallest absolute Gasteiger partial charge is 0.347 e. The zero-order chi connectivity index (χ0) is 10.8. The zero-order valence-corrected chi connectivity index (χ0v) is 9.06. The second-order valence-corrected chi connectivity index (χ2v) is 5.09. The quantitative estimate of drug-likeness (QED) is 0.752. The molecule has 0 saturated heterocycles. The summed E-state index contributed by atoms with van der Waals surface area (Å²) in [5.74, 6) is -0.801. The lowest BCUT2D eigenvalue weighted by Crippen LogP contribution is -2.28. The maximum atomic E-state index is 11.0. The van der Waals surface area contributed by atoms with Crippen LogP contribution in [0.1, 0.15) is 6.92 Å². The van der Waals surface area contributed by atoms with Gasteiger partial charge in [-0.2, -0.15) is 0 Å². The lowest BCUT2D eigenvalue weighted by Gasteiger charge is -2.27. The molecule has 1 rings (SSSR count). The summed E-state index contributed by atoms with van der Waals surface area (Å²) < 4.78 is 11.0. The molecule has 0 bridgehead atoms. The molecule has 0 radical (unpaired) electrons. The van der Waals surface area contributed by atoms with Crippen molar-refractivity contribution >= 4 is 13.3 Å². The Balaban J connectivity index is 2.87. The van der Waals surface area contributed by atoms with Gasteiger partial charge in [0, 0.05) is 12.7 Å². The van der Waals surface area contributed by atoms with Crippen molar-refractivity contribution < 1.29 is 14.4 Å². The Bertz CT molecular complexity index is 335. The monoisotopic (exact) mass is 215 g/mol. The van der Waals surface area contributed by atoms with Crippen molar-refractivity contribution in [2.45, 2.75) is 12.7 Å². The molecule has 0 aliphatic heterocycles. The number of anilines is 1. The lowest BCUT2D eigenvalue weighted by atomic mass is 10.3.